The summed E-state index contributed by atoms with van der Waals surface area (Å²) in [6.07, 6.45) is -3.46. The van der Waals surface area contributed by atoms with Crippen molar-refractivity contribution >= 4 is 38.2 Å². The van der Waals surface area contributed by atoms with E-state index in [-0.39, 0.29) is 4.90 Å². The summed E-state index contributed by atoms with van der Waals surface area (Å²) in [5.74, 6) is 0.681. The Bertz CT molecular complexity index is 1230. The van der Waals surface area contributed by atoms with E-state index < -0.39 is 27.8 Å². The maximum atomic E-state index is 11.9. The lowest BCUT2D eigenvalue weighted by molar-refractivity contribution is -0.274. The monoisotopic (exact) mass is 508 g/mol. The first-order valence-electron chi connectivity index (χ1n) is 9.11. The van der Waals surface area contributed by atoms with E-state index in [0.717, 1.165) is 18.2 Å². The van der Waals surface area contributed by atoms with Crippen LogP contribution in [0, 0.1) is 0 Å². The fourth-order valence-corrected chi connectivity index (χ4v) is 3.51. The van der Waals surface area contributed by atoms with E-state index >= 15 is 0 Å². The van der Waals surface area contributed by atoms with Crippen molar-refractivity contribution in [3.8, 4) is 17.2 Å². The number of nitrogens with zero attached hydrogens (tertiary/aromatic N) is 2. The normalized spacial score (nSPS) is 11.5. The fourth-order valence-electron chi connectivity index (χ4n) is 2.51. The van der Waals surface area contributed by atoms with Crippen molar-refractivity contribution in [1.29, 1.82) is 0 Å². The molecule has 2 aromatic carbocycles. The molecule has 0 saturated carbocycles. The van der Waals surface area contributed by atoms with E-state index in [1.54, 1.807) is 19.2 Å². The number of sulfonamides is 1. The summed E-state index contributed by atoms with van der Waals surface area (Å²) >= 11 is 6.02. The Morgan fingerprint density at radius 3 is 2.39 bits per heavy atom. The highest BCUT2D eigenvalue weighted by atomic mass is 35.5. The minimum absolute atomic E-state index is 0.243. The van der Waals surface area contributed by atoms with Crippen LogP contribution in [0.1, 0.15) is 6.92 Å². The molecule has 0 saturated heterocycles. The van der Waals surface area contributed by atoms with Crippen molar-refractivity contribution in [2.24, 2.45) is 0 Å². The first kappa shape index (κ1) is 26.2. The van der Waals surface area contributed by atoms with Gasteiger partial charge in [0.25, 0.3) is 0 Å². The molecule has 180 valence electrons. The maximum absolute atomic E-state index is 11.9. The third-order valence-electron chi connectivity index (χ3n) is 3.95. The average Bonchev–Trinajstić information content (AvgIpc) is 2.74. The molecule has 0 radical (unpaired) electrons. The van der Waals surface area contributed by atoms with Gasteiger partial charge in [-0.3, -0.25) is 0 Å². The Labute approximate surface area is 192 Å². The van der Waals surface area contributed by atoms with Crippen LogP contribution in [0.25, 0.3) is 10.9 Å². The standard InChI is InChI=1S/C11H11ClN2O2.C8H9F3N2O3S/c1-3-16-9-5-7(15-2)4-8-10(9)11(12)14-6-13-8;1-13-17(14,15)5-2-3-7(6(12)4-5)16-8(9,10)11/h4-6H,3H2,1-2H3;2-4,13H,12H2,1H3. The highest BCUT2D eigenvalue weighted by Gasteiger charge is 2.32. The second kappa shape index (κ2) is 10.7. The zero-order valence-corrected chi connectivity index (χ0v) is 19.2. The van der Waals surface area contributed by atoms with Crippen molar-refractivity contribution in [3.63, 3.8) is 0 Å². The molecule has 3 rings (SSSR count). The zero-order valence-electron chi connectivity index (χ0n) is 17.6. The molecule has 0 fully saturated rings. The van der Waals surface area contributed by atoms with Gasteiger partial charge in [-0.1, -0.05) is 11.6 Å². The van der Waals surface area contributed by atoms with Gasteiger partial charge >= 0.3 is 6.36 Å². The molecule has 0 bridgehead atoms. The Hall–Kier alpha value is -3.03. The minimum atomic E-state index is -4.88. The lowest BCUT2D eigenvalue weighted by Gasteiger charge is -2.12. The van der Waals surface area contributed by atoms with Gasteiger partial charge in [-0.05, 0) is 32.2 Å². The molecule has 0 aliphatic heterocycles. The van der Waals surface area contributed by atoms with E-state index in [9.17, 15) is 21.6 Å². The van der Waals surface area contributed by atoms with Crippen LogP contribution < -0.4 is 24.7 Å². The highest BCUT2D eigenvalue weighted by Crippen LogP contribution is 2.34. The molecule has 3 N–H and O–H groups in total. The van der Waals surface area contributed by atoms with E-state index in [1.165, 1.54) is 13.4 Å². The first-order valence-corrected chi connectivity index (χ1v) is 11.0. The molecule has 14 heteroatoms. The number of alkyl halides is 3. The Morgan fingerprint density at radius 2 is 1.85 bits per heavy atom. The van der Waals surface area contributed by atoms with E-state index in [2.05, 4.69) is 14.7 Å². The van der Waals surface area contributed by atoms with Gasteiger partial charge < -0.3 is 19.9 Å². The van der Waals surface area contributed by atoms with Crippen LogP contribution in [0.4, 0.5) is 18.9 Å². The van der Waals surface area contributed by atoms with Gasteiger partial charge in [-0.25, -0.2) is 23.1 Å². The summed E-state index contributed by atoms with van der Waals surface area (Å²) < 4.78 is 74.6. The Balaban J connectivity index is 0.000000234. The number of hydrogen-bond donors (Lipinski definition) is 2. The summed E-state index contributed by atoms with van der Waals surface area (Å²) in [5.41, 5.74) is 5.56. The second-order valence-electron chi connectivity index (χ2n) is 6.07. The number of nitrogen functional groups attached to an aromatic ring is 1. The van der Waals surface area contributed by atoms with Crippen molar-refractivity contribution in [2.75, 3.05) is 26.5 Å². The van der Waals surface area contributed by atoms with Crippen LogP contribution in [0.2, 0.25) is 5.15 Å². The molecular weight excluding hydrogens is 489 g/mol. The number of hydrogen-bond acceptors (Lipinski definition) is 8. The molecule has 3 aromatic rings. The number of nitrogens with one attached hydrogen (secondary N) is 1. The molecule has 0 aliphatic carbocycles. The number of nitrogens with two attached hydrogens (primary N) is 1. The number of fused-ring (bicyclic) bond motifs is 1. The quantitative estimate of drug-likeness (QED) is 0.381. The average molecular weight is 509 g/mol. The summed E-state index contributed by atoms with van der Waals surface area (Å²) in [5, 5.41) is 1.10. The summed E-state index contributed by atoms with van der Waals surface area (Å²) in [7, 11) is -0.979. The van der Waals surface area contributed by atoms with Gasteiger partial charge in [-0.2, -0.15) is 0 Å². The molecule has 0 spiro atoms. The third-order valence-corrected chi connectivity index (χ3v) is 5.65. The molecular formula is C19H20ClF3N4O5S. The molecule has 0 atom stereocenters. The molecule has 0 unspecified atom stereocenters. The summed E-state index contributed by atoms with van der Waals surface area (Å²) in [6, 6.07) is 6.26. The van der Waals surface area contributed by atoms with Gasteiger partial charge in [-0.15, -0.1) is 13.2 Å². The first-order chi connectivity index (χ1) is 15.4. The highest BCUT2D eigenvalue weighted by molar-refractivity contribution is 7.89. The maximum Gasteiger partial charge on any atom is 0.573 e. The molecule has 0 aliphatic rings. The number of anilines is 1. The number of methoxy groups -OCH3 is 1. The van der Waals surface area contributed by atoms with Gasteiger partial charge in [0.05, 0.1) is 35.2 Å². The van der Waals surface area contributed by atoms with Crippen LogP contribution in [-0.2, 0) is 10.0 Å². The van der Waals surface area contributed by atoms with Crippen molar-refractivity contribution in [3.05, 3.63) is 41.8 Å². The molecule has 1 heterocycles. The molecule has 0 amide bonds. The predicted molar refractivity (Wildman–Crippen MR) is 116 cm³/mol. The zero-order chi connectivity index (χ0) is 24.8. The summed E-state index contributed by atoms with van der Waals surface area (Å²) in [6.45, 7) is 2.45. The lowest BCUT2D eigenvalue weighted by Crippen LogP contribution is -2.20. The predicted octanol–water partition coefficient (Wildman–Crippen LogP) is 3.77. The van der Waals surface area contributed by atoms with Crippen LogP contribution in [0.15, 0.2) is 41.6 Å². The minimum Gasteiger partial charge on any atom is -0.497 e. The lowest BCUT2D eigenvalue weighted by atomic mass is 10.2. The smallest absolute Gasteiger partial charge is 0.497 e. The van der Waals surface area contributed by atoms with Gasteiger partial charge in [0.1, 0.15) is 23.0 Å². The van der Waals surface area contributed by atoms with Crippen LogP contribution >= 0.6 is 11.6 Å². The number of rotatable bonds is 6. The molecule has 1 aromatic heterocycles. The number of benzene rings is 2. The SMILES string of the molecule is CCOc1cc(OC)cc2ncnc(Cl)c12.CNS(=O)(=O)c1ccc(OC(F)(F)F)c(N)c1. The fraction of sp³-hybridized carbons (Fsp3) is 0.263. The van der Waals surface area contributed by atoms with Gasteiger partial charge in [0.15, 0.2) is 5.75 Å². The summed E-state index contributed by atoms with van der Waals surface area (Å²) in [4.78, 5) is 7.83. The van der Waals surface area contributed by atoms with Crippen LogP contribution in [0.3, 0.4) is 0 Å². The Kier molecular flexibility index (Phi) is 8.52. The van der Waals surface area contributed by atoms with Gasteiger partial charge in [0.2, 0.25) is 10.0 Å². The number of aromatic nitrogens is 2. The van der Waals surface area contributed by atoms with E-state index in [0.29, 0.717) is 34.2 Å². The topological polar surface area (TPSA) is 126 Å². The largest absolute Gasteiger partial charge is 0.573 e. The van der Waals surface area contributed by atoms with Crippen molar-refractivity contribution in [1.82, 2.24) is 14.7 Å². The number of ether oxygens (including phenoxy) is 3. The van der Waals surface area contributed by atoms with E-state index in [1.807, 2.05) is 11.6 Å². The third kappa shape index (κ3) is 6.97. The van der Waals surface area contributed by atoms with Gasteiger partial charge in [0, 0.05) is 12.1 Å². The van der Waals surface area contributed by atoms with E-state index in [4.69, 9.17) is 26.8 Å². The molecule has 9 nitrogen and oxygen atoms in total. The van der Waals surface area contributed by atoms with Crippen molar-refractivity contribution < 1.29 is 35.8 Å². The van der Waals surface area contributed by atoms with Crippen LogP contribution in [0.5, 0.6) is 17.2 Å². The molecule has 33 heavy (non-hydrogen) atoms. The second-order valence-corrected chi connectivity index (χ2v) is 8.32. The Morgan fingerprint density at radius 1 is 1.15 bits per heavy atom. The van der Waals surface area contributed by atoms with Crippen molar-refractivity contribution in [2.45, 2.75) is 18.2 Å². The van der Waals surface area contributed by atoms with Crippen LogP contribution in [-0.4, -0.2) is 45.5 Å². The number of halogens is 4.